The summed E-state index contributed by atoms with van der Waals surface area (Å²) >= 11 is 0. The van der Waals surface area contributed by atoms with Crippen LogP contribution in [0.15, 0.2) is 47.6 Å². The van der Waals surface area contributed by atoms with Gasteiger partial charge < -0.3 is 15.8 Å². The van der Waals surface area contributed by atoms with Gasteiger partial charge in [0.25, 0.3) is 0 Å². The largest absolute Gasteiger partial charge is 0.409 e. The Balaban J connectivity index is 2.52. The van der Waals surface area contributed by atoms with E-state index in [-0.39, 0.29) is 5.84 Å². The number of amidine groups is 1. The molecule has 0 aliphatic heterocycles. The molecular weight excluding hydrogens is 257 g/mol. The molecule has 0 atom stereocenters. The molecule has 0 fully saturated rings. The van der Waals surface area contributed by atoms with Crippen LogP contribution >= 0.6 is 0 Å². The maximum Gasteiger partial charge on any atom is 0.172 e. The third-order valence-corrected chi connectivity index (χ3v) is 3.09. The van der Waals surface area contributed by atoms with Crippen molar-refractivity contribution in [3.63, 3.8) is 0 Å². The summed E-state index contributed by atoms with van der Waals surface area (Å²) in [6.07, 6.45) is 0. The lowest BCUT2D eigenvalue weighted by Gasteiger charge is -2.22. The maximum absolute atomic E-state index is 13.4. The van der Waals surface area contributed by atoms with E-state index in [0.29, 0.717) is 11.3 Å². The van der Waals surface area contributed by atoms with Crippen molar-refractivity contribution in [1.29, 1.82) is 0 Å². The van der Waals surface area contributed by atoms with Gasteiger partial charge in [-0.1, -0.05) is 17.3 Å². The highest BCUT2D eigenvalue weighted by Gasteiger charge is 2.13. The van der Waals surface area contributed by atoms with Crippen LogP contribution in [0.25, 0.3) is 0 Å². The van der Waals surface area contributed by atoms with Crippen molar-refractivity contribution in [2.24, 2.45) is 10.9 Å². The molecule has 0 unspecified atom stereocenters. The molecule has 0 aromatic heterocycles. The minimum absolute atomic E-state index is 0.126. The first-order valence-electron chi connectivity index (χ1n) is 6.11. The highest BCUT2D eigenvalue weighted by molar-refractivity contribution is 6.02. The van der Waals surface area contributed by atoms with E-state index in [4.69, 9.17) is 10.9 Å². The van der Waals surface area contributed by atoms with Gasteiger partial charge in [-0.05, 0) is 42.8 Å². The third kappa shape index (κ3) is 2.71. The lowest BCUT2D eigenvalue weighted by atomic mass is 10.1. The SMILES string of the molecule is Cc1cccc(N(C)c2ccc(F)cc2C(N)=NO)c1. The number of nitrogens with two attached hydrogens (primary N) is 1. The van der Waals surface area contributed by atoms with Gasteiger partial charge in [0.15, 0.2) is 5.84 Å². The van der Waals surface area contributed by atoms with Crippen molar-refractivity contribution in [3.05, 3.63) is 59.4 Å². The molecule has 0 saturated carbocycles. The van der Waals surface area contributed by atoms with Crippen molar-refractivity contribution in [2.75, 3.05) is 11.9 Å². The minimum Gasteiger partial charge on any atom is -0.409 e. The first-order chi connectivity index (χ1) is 9.52. The zero-order valence-electron chi connectivity index (χ0n) is 11.3. The molecular formula is C15H16FN3O. The molecule has 0 aliphatic carbocycles. The van der Waals surface area contributed by atoms with Crippen LogP contribution < -0.4 is 10.6 Å². The summed E-state index contributed by atoms with van der Waals surface area (Å²) in [6, 6.07) is 12.1. The fraction of sp³-hybridized carbons (Fsp3) is 0.133. The van der Waals surface area contributed by atoms with Gasteiger partial charge in [-0.25, -0.2) is 4.39 Å². The summed E-state index contributed by atoms with van der Waals surface area (Å²) in [5.41, 5.74) is 8.67. The molecule has 2 aromatic carbocycles. The Morgan fingerprint density at radius 1 is 1.25 bits per heavy atom. The Bertz CT molecular complexity index is 655. The van der Waals surface area contributed by atoms with E-state index in [1.165, 1.54) is 12.1 Å². The highest BCUT2D eigenvalue weighted by Crippen LogP contribution is 2.28. The highest BCUT2D eigenvalue weighted by atomic mass is 19.1. The van der Waals surface area contributed by atoms with Crippen molar-refractivity contribution in [1.82, 2.24) is 0 Å². The Kier molecular flexibility index (Phi) is 3.89. The summed E-state index contributed by atoms with van der Waals surface area (Å²) in [5, 5.41) is 11.8. The molecule has 3 N–H and O–H groups in total. The number of rotatable bonds is 3. The number of hydrogen-bond acceptors (Lipinski definition) is 3. The molecule has 2 rings (SSSR count). The van der Waals surface area contributed by atoms with Crippen LogP contribution in [0.5, 0.6) is 0 Å². The average molecular weight is 273 g/mol. The van der Waals surface area contributed by atoms with Crippen LogP contribution in [0.1, 0.15) is 11.1 Å². The molecule has 20 heavy (non-hydrogen) atoms. The molecule has 0 spiro atoms. The van der Waals surface area contributed by atoms with Gasteiger partial charge >= 0.3 is 0 Å². The summed E-state index contributed by atoms with van der Waals surface area (Å²) < 4.78 is 13.4. The van der Waals surface area contributed by atoms with Gasteiger partial charge in [0.2, 0.25) is 0 Å². The number of halogens is 1. The number of anilines is 2. The Morgan fingerprint density at radius 3 is 2.65 bits per heavy atom. The Labute approximate surface area is 116 Å². The third-order valence-electron chi connectivity index (χ3n) is 3.09. The zero-order valence-corrected chi connectivity index (χ0v) is 11.3. The standard InChI is InChI=1S/C15H16FN3O/c1-10-4-3-5-12(8-10)19(2)14-7-6-11(16)9-13(14)15(17)18-20/h3-9,20H,1-2H3,(H2,17,18). The van der Waals surface area contributed by atoms with Crippen LogP contribution in [0, 0.1) is 12.7 Å². The monoisotopic (exact) mass is 273 g/mol. The molecule has 0 heterocycles. The maximum atomic E-state index is 13.4. The van der Waals surface area contributed by atoms with Gasteiger partial charge in [-0.3, -0.25) is 0 Å². The van der Waals surface area contributed by atoms with Crippen LogP contribution in [-0.2, 0) is 0 Å². The first kappa shape index (κ1) is 13.9. The zero-order chi connectivity index (χ0) is 14.7. The van der Waals surface area contributed by atoms with Gasteiger partial charge in [0.05, 0.1) is 5.69 Å². The lowest BCUT2D eigenvalue weighted by Crippen LogP contribution is -2.19. The number of hydrogen-bond donors (Lipinski definition) is 2. The van der Waals surface area contributed by atoms with Crippen LogP contribution in [0.3, 0.4) is 0 Å². The van der Waals surface area contributed by atoms with Crippen molar-refractivity contribution in [2.45, 2.75) is 6.92 Å². The normalized spacial score (nSPS) is 11.4. The van der Waals surface area contributed by atoms with Gasteiger partial charge in [0, 0.05) is 18.3 Å². The molecule has 5 heteroatoms. The Hall–Kier alpha value is -2.56. The lowest BCUT2D eigenvalue weighted by molar-refractivity contribution is 0.318. The molecule has 4 nitrogen and oxygen atoms in total. The van der Waals surface area contributed by atoms with Crippen molar-refractivity contribution < 1.29 is 9.60 Å². The number of benzene rings is 2. The van der Waals surface area contributed by atoms with E-state index in [1.54, 1.807) is 6.07 Å². The molecule has 104 valence electrons. The van der Waals surface area contributed by atoms with E-state index in [9.17, 15) is 4.39 Å². The number of oxime groups is 1. The predicted molar refractivity (Wildman–Crippen MR) is 78.2 cm³/mol. The fourth-order valence-electron chi connectivity index (χ4n) is 2.04. The Morgan fingerprint density at radius 2 is 2.00 bits per heavy atom. The summed E-state index contributed by atoms with van der Waals surface area (Å²) in [5.74, 6) is -0.563. The number of aryl methyl sites for hydroxylation is 1. The van der Waals surface area contributed by atoms with E-state index < -0.39 is 5.82 Å². The smallest absolute Gasteiger partial charge is 0.172 e. The van der Waals surface area contributed by atoms with E-state index in [1.807, 2.05) is 43.1 Å². The second-order valence-corrected chi connectivity index (χ2v) is 4.54. The molecule has 0 aliphatic rings. The summed E-state index contributed by atoms with van der Waals surface area (Å²) in [7, 11) is 1.84. The average Bonchev–Trinajstić information content (AvgIpc) is 2.45. The van der Waals surface area contributed by atoms with Crippen molar-refractivity contribution in [3.8, 4) is 0 Å². The molecule has 0 bridgehead atoms. The first-order valence-corrected chi connectivity index (χ1v) is 6.11. The second-order valence-electron chi connectivity index (χ2n) is 4.54. The predicted octanol–water partition coefficient (Wildman–Crippen LogP) is 3.00. The summed E-state index contributed by atoms with van der Waals surface area (Å²) in [4.78, 5) is 1.86. The van der Waals surface area contributed by atoms with Crippen LogP contribution in [0.2, 0.25) is 0 Å². The molecule has 0 saturated heterocycles. The van der Waals surface area contributed by atoms with Gasteiger partial charge in [-0.2, -0.15) is 0 Å². The summed E-state index contributed by atoms with van der Waals surface area (Å²) in [6.45, 7) is 1.99. The molecule has 0 amide bonds. The van der Waals surface area contributed by atoms with Crippen LogP contribution in [-0.4, -0.2) is 18.1 Å². The van der Waals surface area contributed by atoms with Crippen molar-refractivity contribution >= 4 is 17.2 Å². The topological polar surface area (TPSA) is 61.8 Å². The van der Waals surface area contributed by atoms with Crippen LogP contribution in [0.4, 0.5) is 15.8 Å². The minimum atomic E-state index is -0.437. The van der Waals surface area contributed by atoms with E-state index >= 15 is 0 Å². The van der Waals surface area contributed by atoms with Gasteiger partial charge in [-0.15, -0.1) is 0 Å². The molecule has 2 aromatic rings. The fourth-order valence-corrected chi connectivity index (χ4v) is 2.04. The second kappa shape index (κ2) is 5.61. The number of nitrogens with zero attached hydrogens (tertiary/aromatic N) is 2. The molecule has 0 radical (unpaired) electrons. The van der Waals surface area contributed by atoms with E-state index in [0.717, 1.165) is 11.3 Å². The van der Waals surface area contributed by atoms with E-state index in [2.05, 4.69) is 5.16 Å². The van der Waals surface area contributed by atoms with Gasteiger partial charge in [0.1, 0.15) is 5.82 Å². The quantitative estimate of drug-likeness (QED) is 0.391.